The van der Waals surface area contributed by atoms with Crippen molar-refractivity contribution in [2.24, 2.45) is 0 Å². The van der Waals surface area contributed by atoms with Crippen LogP contribution in [0.25, 0.3) is 11.1 Å². The first-order valence-corrected chi connectivity index (χ1v) is 9.40. The van der Waals surface area contributed by atoms with Crippen LogP contribution in [0.4, 0.5) is 0 Å². The molecule has 0 saturated carbocycles. The summed E-state index contributed by atoms with van der Waals surface area (Å²) in [5, 5.41) is 15.7. The Bertz CT molecular complexity index is 964. The summed E-state index contributed by atoms with van der Waals surface area (Å²) in [6.07, 6.45) is 0.683. The minimum atomic E-state index is -0.294. The standard InChI is InChI=1S/C23H25N3O3/c1-15(25-23(29)21-13-26(3)16(2)22(21)28)19-5-4-6-20(11-19)18-9-7-17(8-10-18)12-24-14-27/h4-11,14-15,28H,2,12-13H2,1,3H3,(H,24,27)(H,25,29)/t15-/m1/s1. The summed E-state index contributed by atoms with van der Waals surface area (Å²) in [6.45, 7) is 6.52. The Labute approximate surface area is 170 Å². The molecule has 29 heavy (non-hydrogen) atoms. The van der Waals surface area contributed by atoms with E-state index in [0.29, 0.717) is 30.8 Å². The molecule has 1 aliphatic rings. The SMILES string of the molecule is C=C1C(O)=C(C(=O)N[C@H](C)c2cccc(-c3ccc(CNC=O)cc3)c2)CN1C. The Morgan fingerprint density at radius 2 is 1.97 bits per heavy atom. The van der Waals surface area contributed by atoms with Gasteiger partial charge in [-0.1, -0.05) is 49.0 Å². The molecular formula is C23H25N3O3. The number of nitrogens with one attached hydrogen (secondary N) is 2. The maximum atomic E-state index is 12.6. The molecule has 1 heterocycles. The van der Waals surface area contributed by atoms with Crippen LogP contribution in [-0.2, 0) is 16.1 Å². The van der Waals surface area contributed by atoms with Gasteiger partial charge in [0, 0.05) is 13.6 Å². The molecule has 0 unspecified atom stereocenters. The van der Waals surface area contributed by atoms with Crippen LogP contribution in [0, 0.1) is 0 Å². The second-order valence-corrected chi connectivity index (χ2v) is 7.15. The zero-order valence-electron chi connectivity index (χ0n) is 16.6. The predicted molar refractivity (Wildman–Crippen MR) is 113 cm³/mol. The summed E-state index contributed by atoms with van der Waals surface area (Å²) >= 11 is 0. The van der Waals surface area contributed by atoms with E-state index in [9.17, 15) is 14.7 Å². The Hall–Kier alpha value is -3.54. The number of benzene rings is 2. The minimum Gasteiger partial charge on any atom is -0.505 e. The number of carbonyl (C=O) groups is 2. The fourth-order valence-corrected chi connectivity index (χ4v) is 3.27. The van der Waals surface area contributed by atoms with Crippen LogP contribution in [0.15, 0.2) is 72.1 Å². The van der Waals surface area contributed by atoms with Crippen LogP contribution in [0.5, 0.6) is 0 Å². The maximum Gasteiger partial charge on any atom is 0.253 e. The number of hydrogen-bond donors (Lipinski definition) is 3. The molecule has 2 aromatic carbocycles. The molecule has 2 amide bonds. The molecule has 0 saturated heterocycles. The second-order valence-electron chi connectivity index (χ2n) is 7.15. The van der Waals surface area contributed by atoms with Crippen molar-refractivity contribution < 1.29 is 14.7 Å². The molecule has 6 nitrogen and oxygen atoms in total. The number of nitrogens with zero attached hydrogens (tertiary/aromatic N) is 1. The monoisotopic (exact) mass is 391 g/mol. The quantitative estimate of drug-likeness (QED) is 0.634. The van der Waals surface area contributed by atoms with E-state index in [-0.39, 0.29) is 17.7 Å². The lowest BCUT2D eigenvalue weighted by molar-refractivity contribution is -0.118. The number of aliphatic hydroxyl groups is 1. The third kappa shape index (κ3) is 4.48. The van der Waals surface area contributed by atoms with E-state index in [4.69, 9.17) is 0 Å². The molecule has 2 aromatic rings. The van der Waals surface area contributed by atoms with Gasteiger partial charge in [-0.3, -0.25) is 9.59 Å². The van der Waals surface area contributed by atoms with Crippen molar-refractivity contribution in [3.05, 3.63) is 83.3 Å². The zero-order valence-corrected chi connectivity index (χ0v) is 16.6. The highest BCUT2D eigenvalue weighted by atomic mass is 16.3. The third-order valence-corrected chi connectivity index (χ3v) is 5.10. The van der Waals surface area contributed by atoms with Crippen molar-refractivity contribution in [1.29, 1.82) is 0 Å². The first-order valence-electron chi connectivity index (χ1n) is 9.40. The first kappa shape index (κ1) is 20.2. The normalized spacial score (nSPS) is 14.7. The largest absolute Gasteiger partial charge is 0.505 e. The van der Waals surface area contributed by atoms with Gasteiger partial charge in [-0.2, -0.15) is 0 Å². The lowest BCUT2D eigenvalue weighted by atomic mass is 9.99. The van der Waals surface area contributed by atoms with Crippen LogP contribution in [0.2, 0.25) is 0 Å². The summed E-state index contributed by atoms with van der Waals surface area (Å²) in [6, 6.07) is 15.7. The summed E-state index contributed by atoms with van der Waals surface area (Å²) in [4.78, 5) is 24.7. The Kier molecular flexibility index (Phi) is 6.02. The molecule has 3 rings (SSSR count). The van der Waals surface area contributed by atoms with Crippen LogP contribution >= 0.6 is 0 Å². The molecule has 0 fully saturated rings. The van der Waals surface area contributed by atoms with E-state index in [1.165, 1.54) is 0 Å². The highest BCUT2D eigenvalue weighted by molar-refractivity contribution is 5.96. The van der Waals surface area contributed by atoms with Gasteiger partial charge in [0.15, 0.2) is 0 Å². The van der Waals surface area contributed by atoms with Crippen molar-refractivity contribution in [1.82, 2.24) is 15.5 Å². The lowest BCUT2D eigenvalue weighted by Gasteiger charge is -2.16. The fraction of sp³-hybridized carbons (Fsp3) is 0.217. The van der Waals surface area contributed by atoms with Crippen molar-refractivity contribution in [2.75, 3.05) is 13.6 Å². The van der Waals surface area contributed by atoms with Gasteiger partial charge in [0.1, 0.15) is 5.76 Å². The number of rotatable bonds is 7. The van der Waals surface area contributed by atoms with Gasteiger partial charge < -0.3 is 20.6 Å². The average molecular weight is 391 g/mol. The lowest BCUT2D eigenvalue weighted by Crippen LogP contribution is -2.30. The minimum absolute atomic E-state index is 0.0462. The Morgan fingerprint density at radius 3 is 2.59 bits per heavy atom. The summed E-state index contributed by atoms with van der Waals surface area (Å²) in [5.74, 6) is -0.340. The van der Waals surface area contributed by atoms with Crippen LogP contribution in [0.1, 0.15) is 24.1 Å². The van der Waals surface area contributed by atoms with E-state index in [1.54, 1.807) is 11.9 Å². The number of carbonyl (C=O) groups excluding carboxylic acids is 2. The summed E-state index contributed by atoms with van der Waals surface area (Å²) < 4.78 is 0. The zero-order chi connectivity index (χ0) is 21.0. The molecule has 0 aromatic heterocycles. The Balaban J connectivity index is 1.73. The molecule has 0 radical (unpaired) electrons. The van der Waals surface area contributed by atoms with Crippen LogP contribution in [0.3, 0.4) is 0 Å². The predicted octanol–water partition coefficient (Wildman–Crippen LogP) is 3.05. The van der Waals surface area contributed by atoms with Crippen LogP contribution < -0.4 is 10.6 Å². The van der Waals surface area contributed by atoms with Crippen molar-refractivity contribution >= 4 is 12.3 Å². The second kappa shape index (κ2) is 8.65. The molecule has 1 atom stereocenters. The van der Waals surface area contributed by atoms with Crippen LogP contribution in [-0.4, -0.2) is 35.9 Å². The van der Waals surface area contributed by atoms with E-state index in [0.717, 1.165) is 22.3 Å². The third-order valence-electron chi connectivity index (χ3n) is 5.10. The molecule has 150 valence electrons. The van der Waals surface area contributed by atoms with Gasteiger partial charge in [-0.25, -0.2) is 0 Å². The first-order chi connectivity index (χ1) is 13.9. The molecule has 0 bridgehead atoms. The number of hydrogen-bond acceptors (Lipinski definition) is 4. The smallest absolute Gasteiger partial charge is 0.253 e. The van der Waals surface area contributed by atoms with E-state index in [1.807, 2.05) is 55.5 Å². The van der Waals surface area contributed by atoms with Gasteiger partial charge in [-0.05, 0) is 35.2 Å². The van der Waals surface area contributed by atoms with E-state index < -0.39 is 0 Å². The molecule has 6 heteroatoms. The van der Waals surface area contributed by atoms with Crippen molar-refractivity contribution in [2.45, 2.75) is 19.5 Å². The number of amides is 2. The van der Waals surface area contributed by atoms with Gasteiger partial charge in [0.2, 0.25) is 6.41 Å². The molecule has 3 N–H and O–H groups in total. The highest BCUT2D eigenvalue weighted by Gasteiger charge is 2.28. The molecular weight excluding hydrogens is 366 g/mol. The summed E-state index contributed by atoms with van der Waals surface area (Å²) in [7, 11) is 1.78. The topological polar surface area (TPSA) is 81.7 Å². The average Bonchev–Trinajstić information content (AvgIpc) is 3.00. The van der Waals surface area contributed by atoms with Gasteiger partial charge in [0.05, 0.1) is 23.9 Å². The van der Waals surface area contributed by atoms with E-state index in [2.05, 4.69) is 17.2 Å². The van der Waals surface area contributed by atoms with Crippen molar-refractivity contribution in [3.8, 4) is 11.1 Å². The number of aliphatic hydroxyl groups excluding tert-OH is 1. The summed E-state index contributed by atoms with van der Waals surface area (Å²) in [5.41, 5.74) is 4.86. The highest BCUT2D eigenvalue weighted by Crippen LogP contribution is 2.26. The van der Waals surface area contributed by atoms with Gasteiger partial charge in [-0.15, -0.1) is 0 Å². The van der Waals surface area contributed by atoms with Gasteiger partial charge >= 0.3 is 0 Å². The molecule has 1 aliphatic heterocycles. The van der Waals surface area contributed by atoms with Crippen molar-refractivity contribution in [3.63, 3.8) is 0 Å². The molecule has 0 spiro atoms. The fourth-order valence-electron chi connectivity index (χ4n) is 3.27. The molecule has 0 aliphatic carbocycles. The van der Waals surface area contributed by atoms with Gasteiger partial charge in [0.25, 0.3) is 5.91 Å². The number of likely N-dealkylation sites (N-methyl/N-ethyl adjacent to an activating group) is 1. The Morgan fingerprint density at radius 1 is 1.24 bits per heavy atom. The maximum absolute atomic E-state index is 12.6. The van der Waals surface area contributed by atoms with E-state index >= 15 is 0 Å².